The lowest BCUT2D eigenvalue weighted by Gasteiger charge is -2.37. The fourth-order valence-corrected chi connectivity index (χ4v) is 2.59. The van der Waals surface area contributed by atoms with Gasteiger partial charge >= 0.3 is 5.97 Å². The summed E-state index contributed by atoms with van der Waals surface area (Å²) in [6.45, 7) is 5.66. The maximum atomic E-state index is 11.9. The van der Waals surface area contributed by atoms with Crippen molar-refractivity contribution in [1.82, 2.24) is 5.32 Å². The van der Waals surface area contributed by atoms with Gasteiger partial charge in [0.2, 0.25) is 0 Å². The highest BCUT2D eigenvalue weighted by Gasteiger charge is 2.36. The van der Waals surface area contributed by atoms with Crippen molar-refractivity contribution < 1.29 is 14.6 Å². The molecule has 0 spiro atoms. The van der Waals surface area contributed by atoms with Gasteiger partial charge in [0.25, 0.3) is 0 Å². The summed E-state index contributed by atoms with van der Waals surface area (Å²) in [7, 11) is 0. The molecule has 1 aromatic carbocycles. The van der Waals surface area contributed by atoms with E-state index in [1.165, 1.54) is 0 Å². The smallest absolute Gasteiger partial charge is 0.325 e. The summed E-state index contributed by atoms with van der Waals surface area (Å²) in [5.41, 5.74) is 6.05. The molecule has 5 heteroatoms. The molecule has 1 fully saturated rings. The van der Waals surface area contributed by atoms with Crippen LogP contribution in [0.25, 0.3) is 0 Å². The van der Waals surface area contributed by atoms with Gasteiger partial charge in [0.15, 0.2) is 0 Å². The Hall–Kier alpha value is -1.43. The highest BCUT2D eigenvalue weighted by Crippen LogP contribution is 2.26. The van der Waals surface area contributed by atoms with Crippen LogP contribution in [-0.4, -0.2) is 30.7 Å². The van der Waals surface area contributed by atoms with Crippen LogP contribution in [0.15, 0.2) is 30.3 Å². The second-order valence-corrected chi connectivity index (χ2v) is 6.04. The zero-order valence-electron chi connectivity index (χ0n) is 12.7. The number of carbonyl (C=O) groups excluding carboxylic acids is 1. The number of nitrogens with one attached hydrogen (secondary N) is 1. The van der Waals surface area contributed by atoms with Gasteiger partial charge in [-0.25, -0.2) is 4.79 Å². The maximum absolute atomic E-state index is 11.9. The van der Waals surface area contributed by atoms with E-state index in [1.807, 2.05) is 19.9 Å². The Morgan fingerprint density at radius 2 is 1.90 bits per heavy atom. The van der Waals surface area contributed by atoms with E-state index in [0.717, 1.165) is 25.9 Å². The summed E-state index contributed by atoms with van der Waals surface area (Å²) in [5, 5.41) is 3.31. The highest BCUT2D eigenvalue weighted by atomic mass is 17.2. The number of benzene rings is 1. The maximum Gasteiger partial charge on any atom is 0.373 e. The first-order valence-electron chi connectivity index (χ1n) is 7.42. The van der Waals surface area contributed by atoms with E-state index in [9.17, 15) is 4.79 Å². The van der Waals surface area contributed by atoms with Gasteiger partial charge in [0.05, 0.1) is 5.56 Å². The Bertz CT molecular complexity index is 456. The van der Waals surface area contributed by atoms with E-state index in [0.29, 0.717) is 11.5 Å². The third-order valence-electron chi connectivity index (χ3n) is 4.04. The normalized spacial score (nSPS) is 18.2. The van der Waals surface area contributed by atoms with E-state index < -0.39 is 11.6 Å². The molecule has 21 heavy (non-hydrogen) atoms. The highest BCUT2D eigenvalue weighted by molar-refractivity contribution is 5.88. The zero-order valence-corrected chi connectivity index (χ0v) is 12.7. The minimum absolute atomic E-state index is 0.178. The van der Waals surface area contributed by atoms with Crippen molar-refractivity contribution in [3.8, 4) is 0 Å². The summed E-state index contributed by atoms with van der Waals surface area (Å²) in [5.74, 6) is -0.127. The lowest BCUT2D eigenvalue weighted by atomic mass is 9.82. The standard InChI is InChI=1S/C16H24N2O3/c1-16(2,14(17)12-8-10-18-11-9-12)21-20-15(19)13-6-4-3-5-7-13/h3-7,12,14,18H,8-11,17H2,1-2H3. The molecule has 1 saturated heterocycles. The van der Waals surface area contributed by atoms with Gasteiger partial charge < -0.3 is 11.1 Å². The van der Waals surface area contributed by atoms with E-state index in [1.54, 1.807) is 24.3 Å². The van der Waals surface area contributed by atoms with Crippen molar-refractivity contribution in [1.29, 1.82) is 0 Å². The van der Waals surface area contributed by atoms with Crippen molar-refractivity contribution in [3.63, 3.8) is 0 Å². The van der Waals surface area contributed by atoms with Gasteiger partial charge in [0, 0.05) is 6.04 Å². The number of piperidine rings is 1. The van der Waals surface area contributed by atoms with Gasteiger partial charge in [-0.2, -0.15) is 4.89 Å². The molecule has 2 rings (SSSR count). The van der Waals surface area contributed by atoms with Crippen LogP contribution in [0.4, 0.5) is 0 Å². The van der Waals surface area contributed by atoms with E-state index in [2.05, 4.69) is 5.32 Å². The molecule has 1 unspecified atom stereocenters. The number of rotatable bonds is 5. The van der Waals surface area contributed by atoms with E-state index in [4.69, 9.17) is 15.5 Å². The van der Waals surface area contributed by atoms with Crippen molar-refractivity contribution in [3.05, 3.63) is 35.9 Å². The van der Waals surface area contributed by atoms with Crippen LogP contribution in [0.2, 0.25) is 0 Å². The summed E-state index contributed by atoms with van der Waals surface area (Å²) in [6.07, 6.45) is 2.03. The first-order valence-corrected chi connectivity index (χ1v) is 7.42. The monoisotopic (exact) mass is 292 g/mol. The molecule has 0 aromatic heterocycles. The Morgan fingerprint density at radius 3 is 2.52 bits per heavy atom. The zero-order chi connectivity index (χ0) is 15.3. The fourth-order valence-electron chi connectivity index (χ4n) is 2.59. The fraction of sp³-hybridized carbons (Fsp3) is 0.562. The quantitative estimate of drug-likeness (QED) is 0.640. The van der Waals surface area contributed by atoms with Crippen molar-refractivity contribution >= 4 is 5.97 Å². The lowest BCUT2D eigenvalue weighted by molar-refractivity contribution is -0.314. The summed E-state index contributed by atoms with van der Waals surface area (Å²) in [4.78, 5) is 22.2. The number of nitrogens with two attached hydrogens (primary N) is 1. The van der Waals surface area contributed by atoms with Crippen LogP contribution >= 0.6 is 0 Å². The molecule has 116 valence electrons. The average molecular weight is 292 g/mol. The lowest BCUT2D eigenvalue weighted by Crippen LogP contribution is -2.52. The molecule has 0 radical (unpaired) electrons. The molecule has 0 bridgehead atoms. The van der Waals surface area contributed by atoms with Crippen molar-refractivity contribution in [2.75, 3.05) is 13.1 Å². The summed E-state index contributed by atoms with van der Waals surface area (Å²) < 4.78 is 0. The molecule has 1 heterocycles. The summed E-state index contributed by atoms with van der Waals surface area (Å²) >= 11 is 0. The topological polar surface area (TPSA) is 73.6 Å². The summed E-state index contributed by atoms with van der Waals surface area (Å²) in [6, 6.07) is 8.60. The molecule has 1 aliphatic rings. The molecule has 0 saturated carbocycles. The molecule has 1 aliphatic heterocycles. The first-order chi connectivity index (χ1) is 10.0. The minimum atomic E-state index is -0.716. The Kier molecular flexibility index (Phi) is 5.33. The number of hydrogen-bond acceptors (Lipinski definition) is 5. The van der Waals surface area contributed by atoms with Crippen LogP contribution < -0.4 is 11.1 Å². The Labute approximate surface area is 125 Å². The largest absolute Gasteiger partial charge is 0.373 e. The average Bonchev–Trinajstić information content (AvgIpc) is 2.53. The molecule has 1 atom stereocenters. The molecule has 0 aliphatic carbocycles. The minimum Gasteiger partial charge on any atom is -0.325 e. The molecule has 0 amide bonds. The van der Waals surface area contributed by atoms with Crippen LogP contribution in [0.3, 0.4) is 0 Å². The molecule has 3 N–H and O–H groups in total. The van der Waals surface area contributed by atoms with Gasteiger partial charge in [-0.1, -0.05) is 18.2 Å². The SMILES string of the molecule is CC(C)(OOC(=O)c1ccccc1)C(N)C1CCNCC1. The number of hydrogen-bond donors (Lipinski definition) is 2. The van der Waals surface area contributed by atoms with E-state index >= 15 is 0 Å². The van der Waals surface area contributed by atoms with Crippen molar-refractivity contribution in [2.45, 2.75) is 38.3 Å². The van der Waals surface area contributed by atoms with Crippen LogP contribution in [0.5, 0.6) is 0 Å². The Morgan fingerprint density at radius 1 is 1.29 bits per heavy atom. The second-order valence-electron chi connectivity index (χ2n) is 6.04. The first kappa shape index (κ1) is 15.9. The predicted molar refractivity (Wildman–Crippen MR) is 80.6 cm³/mol. The predicted octanol–water partition coefficient (Wildman–Crippen LogP) is 1.88. The van der Waals surface area contributed by atoms with Crippen molar-refractivity contribution in [2.24, 2.45) is 11.7 Å². The third-order valence-corrected chi connectivity index (χ3v) is 4.04. The molecular formula is C16H24N2O3. The molecule has 1 aromatic rings. The van der Waals surface area contributed by atoms with Gasteiger partial charge in [0.1, 0.15) is 5.60 Å². The number of carbonyl (C=O) groups is 1. The van der Waals surface area contributed by atoms with Gasteiger partial charge in [-0.05, 0) is 57.8 Å². The van der Waals surface area contributed by atoms with Gasteiger partial charge in [-0.15, -0.1) is 0 Å². The van der Waals surface area contributed by atoms with Crippen LogP contribution in [0, 0.1) is 5.92 Å². The molecule has 5 nitrogen and oxygen atoms in total. The van der Waals surface area contributed by atoms with Gasteiger partial charge in [-0.3, -0.25) is 4.89 Å². The van der Waals surface area contributed by atoms with Crippen LogP contribution in [0.1, 0.15) is 37.0 Å². The third kappa shape index (κ3) is 4.27. The molecular weight excluding hydrogens is 268 g/mol. The van der Waals surface area contributed by atoms with E-state index in [-0.39, 0.29) is 6.04 Å². The second kappa shape index (κ2) is 7.02. The van der Waals surface area contributed by atoms with Crippen LogP contribution in [-0.2, 0) is 9.78 Å². The Balaban J connectivity index is 1.89.